The minimum absolute atomic E-state index is 0.230. The fraction of sp³-hybridized carbons (Fsp3) is 0.263. The second-order valence-electron chi connectivity index (χ2n) is 5.79. The molecule has 25 heavy (non-hydrogen) atoms. The van der Waals surface area contributed by atoms with E-state index in [0.29, 0.717) is 5.75 Å². The molecule has 0 aliphatic rings. The van der Waals surface area contributed by atoms with Gasteiger partial charge in [-0.2, -0.15) is 5.10 Å². The molecule has 2 rings (SSSR count). The number of carbonyl (C=O) groups excluding carboxylic acids is 1. The number of para-hydroxylation sites is 2. The molecule has 132 valence electrons. The first-order chi connectivity index (χ1) is 12.0. The average Bonchev–Trinajstić information content (AvgIpc) is 2.62. The number of hydrogen-bond donors (Lipinski definition) is 2. The summed E-state index contributed by atoms with van der Waals surface area (Å²) < 4.78 is 5.26. The standard InChI is InChI=1S/C19H24N4O2/c1-14(21-17-7-5-6-8-18(17)25-4)19(24)22-20-13-15-9-11-16(12-10-15)23(2)3/h5-14,21H,1-4H3,(H,22,24)/b20-13-/t14-/m1/s1. The Morgan fingerprint density at radius 1 is 1.16 bits per heavy atom. The summed E-state index contributed by atoms with van der Waals surface area (Å²) in [6.07, 6.45) is 1.62. The molecule has 0 spiro atoms. The number of ether oxygens (including phenoxy) is 1. The molecule has 0 aliphatic carbocycles. The number of hydrazone groups is 1. The van der Waals surface area contributed by atoms with Crippen LogP contribution in [0.3, 0.4) is 0 Å². The first-order valence-electron chi connectivity index (χ1n) is 8.01. The summed E-state index contributed by atoms with van der Waals surface area (Å²) in [5, 5.41) is 7.13. The van der Waals surface area contributed by atoms with Gasteiger partial charge in [-0.05, 0) is 36.8 Å². The predicted octanol–water partition coefficient (Wildman–Crippen LogP) is 2.71. The minimum Gasteiger partial charge on any atom is -0.495 e. The Kier molecular flexibility index (Phi) is 6.39. The number of nitrogens with zero attached hydrogens (tertiary/aromatic N) is 2. The lowest BCUT2D eigenvalue weighted by Gasteiger charge is -2.15. The fourth-order valence-electron chi connectivity index (χ4n) is 2.19. The van der Waals surface area contributed by atoms with Crippen molar-refractivity contribution >= 4 is 23.5 Å². The Hall–Kier alpha value is -3.02. The molecule has 2 N–H and O–H groups in total. The zero-order valence-corrected chi connectivity index (χ0v) is 15.0. The van der Waals surface area contributed by atoms with E-state index in [0.717, 1.165) is 16.9 Å². The average molecular weight is 340 g/mol. The second-order valence-corrected chi connectivity index (χ2v) is 5.79. The molecular weight excluding hydrogens is 316 g/mol. The van der Waals surface area contributed by atoms with E-state index >= 15 is 0 Å². The Labute approximate surface area is 148 Å². The molecule has 0 radical (unpaired) electrons. The van der Waals surface area contributed by atoms with Crippen LogP contribution in [-0.2, 0) is 4.79 Å². The molecule has 0 bridgehead atoms. The number of benzene rings is 2. The highest BCUT2D eigenvalue weighted by Gasteiger charge is 2.13. The lowest BCUT2D eigenvalue weighted by molar-refractivity contribution is -0.121. The molecule has 2 aromatic rings. The van der Waals surface area contributed by atoms with Crippen molar-refractivity contribution in [2.45, 2.75) is 13.0 Å². The molecular formula is C19H24N4O2. The zero-order chi connectivity index (χ0) is 18.2. The smallest absolute Gasteiger partial charge is 0.262 e. The molecule has 0 aromatic heterocycles. The molecule has 0 unspecified atom stereocenters. The van der Waals surface area contributed by atoms with E-state index in [1.54, 1.807) is 20.2 Å². The Morgan fingerprint density at radius 3 is 2.48 bits per heavy atom. The molecule has 1 amide bonds. The number of amides is 1. The maximum Gasteiger partial charge on any atom is 0.262 e. The van der Waals surface area contributed by atoms with E-state index in [4.69, 9.17) is 4.74 Å². The van der Waals surface area contributed by atoms with Crippen LogP contribution in [0.4, 0.5) is 11.4 Å². The molecule has 0 heterocycles. The number of methoxy groups -OCH3 is 1. The second kappa shape index (κ2) is 8.73. The van der Waals surface area contributed by atoms with Gasteiger partial charge in [0.1, 0.15) is 11.8 Å². The Balaban J connectivity index is 1.90. The highest BCUT2D eigenvalue weighted by Crippen LogP contribution is 2.23. The number of nitrogens with one attached hydrogen (secondary N) is 2. The molecule has 0 saturated heterocycles. The van der Waals surface area contributed by atoms with Crippen molar-refractivity contribution in [3.05, 3.63) is 54.1 Å². The summed E-state index contributed by atoms with van der Waals surface area (Å²) in [6.45, 7) is 1.77. The van der Waals surface area contributed by atoms with Crippen molar-refractivity contribution in [1.82, 2.24) is 5.43 Å². The third kappa shape index (κ3) is 5.24. The van der Waals surface area contributed by atoms with Gasteiger partial charge < -0.3 is 15.0 Å². The predicted molar refractivity (Wildman–Crippen MR) is 103 cm³/mol. The molecule has 0 saturated carbocycles. The molecule has 1 atom stereocenters. The van der Waals surface area contributed by atoms with Gasteiger partial charge in [0.25, 0.3) is 5.91 Å². The maximum absolute atomic E-state index is 12.1. The first kappa shape index (κ1) is 18.3. The van der Waals surface area contributed by atoms with Crippen molar-refractivity contribution < 1.29 is 9.53 Å². The summed E-state index contributed by atoms with van der Waals surface area (Å²) in [5.74, 6) is 0.457. The van der Waals surface area contributed by atoms with Gasteiger partial charge in [0.05, 0.1) is 19.0 Å². The molecule has 0 aliphatic heterocycles. The van der Waals surface area contributed by atoms with Gasteiger partial charge in [0.15, 0.2) is 0 Å². The largest absolute Gasteiger partial charge is 0.495 e. The molecule has 0 fully saturated rings. The van der Waals surface area contributed by atoms with Crippen molar-refractivity contribution in [2.24, 2.45) is 5.10 Å². The lowest BCUT2D eigenvalue weighted by Crippen LogP contribution is -2.35. The summed E-state index contributed by atoms with van der Waals surface area (Å²) >= 11 is 0. The van der Waals surface area contributed by atoms with E-state index in [9.17, 15) is 4.79 Å². The van der Waals surface area contributed by atoms with Gasteiger partial charge in [-0.25, -0.2) is 5.43 Å². The Morgan fingerprint density at radius 2 is 1.84 bits per heavy atom. The third-order valence-corrected chi connectivity index (χ3v) is 3.67. The van der Waals surface area contributed by atoms with Gasteiger partial charge in [0.2, 0.25) is 0 Å². The van der Waals surface area contributed by atoms with Crippen LogP contribution in [-0.4, -0.2) is 39.4 Å². The van der Waals surface area contributed by atoms with Crippen molar-refractivity contribution in [2.75, 3.05) is 31.4 Å². The summed E-state index contributed by atoms with van der Waals surface area (Å²) in [7, 11) is 5.57. The van der Waals surface area contributed by atoms with Crippen LogP contribution in [0.5, 0.6) is 5.75 Å². The lowest BCUT2D eigenvalue weighted by atomic mass is 10.2. The maximum atomic E-state index is 12.1. The Bertz CT molecular complexity index is 726. The van der Waals surface area contributed by atoms with Gasteiger partial charge >= 0.3 is 0 Å². The van der Waals surface area contributed by atoms with E-state index in [2.05, 4.69) is 15.8 Å². The summed E-state index contributed by atoms with van der Waals surface area (Å²) in [4.78, 5) is 14.2. The molecule has 6 heteroatoms. The number of carbonyl (C=O) groups is 1. The third-order valence-electron chi connectivity index (χ3n) is 3.67. The quantitative estimate of drug-likeness (QED) is 0.601. The van der Waals surface area contributed by atoms with Crippen LogP contribution in [0, 0.1) is 0 Å². The summed E-state index contributed by atoms with van der Waals surface area (Å²) in [5.41, 5.74) is 5.32. The van der Waals surface area contributed by atoms with Crippen molar-refractivity contribution in [1.29, 1.82) is 0 Å². The monoisotopic (exact) mass is 340 g/mol. The SMILES string of the molecule is COc1ccccc1N[C@H](C)C(=O)N/N=C\c1ccc(N(C)C)cc1. The van der Waals surface area contributed by atoms with Crippen molar-refractivity contribution in [3.8, 4) is 5.75 Å². The van der Waals surface area contributed by atoms with E-state index < -0.39 is 6.04 Å². The summed E-state index contributed by atoms with van der Waals surface area (Å²) in [6, 6.07) is 14.9. The molecule has 6 nitrogen and oxygen atoms in total. The van der Waals surface area contributed by atoms with Gasteiger partial charge in [-0.3, -0.25) is 4.79 Å². The highest BCUT2D eigenvalue weighted by molar-refractivity contribution is 5.87. The van der Waals surface area contributed by atoms with Crippen LogP contribution in [0.2, 0.25) is 0 Å². The van der Waals surface area contributed by atoms with Gasteiger partial charge in [-0.15, -0.1) is 0 Å². The van der Waals surface area contributed by atoms with Crippen LogP contribution in [0.15, 0.2) is 53.6 Å². The van der Waals surface area contributed by atoms with Gasteiger partial charge in [0, 0.05) is 19.8 Å². The topological polar surface area (TPSA) is 66.0 Å². The number of rotatable bonds is 7. The van der Waals surface area contributed by atoms with Crippen LogP contribution in [0.25, 0.3) is 0 Å². The number of anilines is 2. The first-order valence-corrected chi connectivity index (χ1v) is 8.01. The minimum atomic E-state index is -0.454. The number of hydrogen-bond acceptors (Lipinski definition) is 5. The fourth-order valence-corrected chi connectivity index (χ4v) is 2.19. The van der Waals surface area contributed by atoms with E-state index in [1.807, 2.05) is 67.5 Å². The van der Waals surface area contributed by atoms with Crippen LogP contribution < -0.4 is 20.4 Å². The van der Waals surface area contributed by atoms with E-state index in [1.165, 1.54) is 0 Å². The van der Waals surface area contributed by atoms with Crippen LogP contribution >= 0.6 is 0 Å². The zero-order valence-electron chi connectivity index (χ0n) is 15.0. The molecule has 2 aromatic carbocycles. The normalized spacial score (nSPS) is 11.8. The van der Waals surface area contributed by atoms with Crippen LogP contribution in [0.1, 0.15) is 12.5 Å². The van der Waals surface area contributed by atoms with Crippen molar-refractivity contribution in [3.63, 3.8) is 0 Å². The van der Waals surface area contributed by atoms with E-state index in [-0.39, 0.29) is 5.91 Å². The van der Waals surface area contributed by atoms with Gasteiger partial charge in [-0.1, -0.05) is 24.3 Å². The highest BCUT2D eigenvalue weighted by atomic mass is 16.5.